The van der Waals surface area contributed by atoms with Crippen molar-refractivity contribution in [2.75, 3.05) is 30.0 Å². The second kappa shape index (κ2) is 7.17. The van der Waals surface area contributed by atoms with Crippen molar-refractivity contribution >= 4 is 55.0 Å². The van der Waals surface area contributed by atoms with Crippen LogP contribution in [0.15, 0.2) is 45.3 Å². The number of likely N-dealkylation sites (N-methyl/N-ethyl adjacent to an activating group) is 1. The highest BCUT2D eigenvalue weighted by Crippen LogP contribution is 2.34. The van der Waals surface area contributed by atoms with E-state index in [0.29, 0.717) is 11.4 Å². The normalized spacial score (nSPS) is 13.3. The Morgan fingerprint density at radius 1 is 1.20 bits per heavy atom. The summed E-state index contributed by atoms with van der Waals surface area (Å²) < 4.78 is 7.27. The van der Waals surface area contributed by atoms with Gasteiger partial charge in [-0.1, -0.05) is 31.9 Å². The third kappa shape index (κ3) is 3.72. The Balaban J connectivity index is 1.84. The summed E-state index contributed by atoms with van der Waals surface area (Å²) in [6.07, 6.45) is 0. The standard InChI is InChI=1S/C18H16Br2N2O3/c1-11-7-12(19)3-5-14(11)21(2)17(23)9-22-15-6-4-13(20)8-16(15)25-10-18(22)24/h3-8H,9-10H2,1-2H3. The van der Waals surface area contributed by atoms with Gasteiger partial charge in [-0.05, 0) is 48.9 Å². The summed E-state index contributed by atoms with van der Waals surface area (Å²) in [7, 11) is 1.71. The monoisotopic (exact) mass is 466 g/mol. The molecule has 0 saturated carbocycles. The number of fused-ring (bicyclic) bond motifs is 1. The van der Waals surface area contributed by atoms with E-state index in [1.54, 1.807) is 24.1 Å². The SMILES string of the molecule is Cc1cc(Br)ccc1N(C)C(=O)CN1C(=O)COc2cc(Br)ccc21. The average Bonchev–Trinajstić information content (AvgIpc) is 2.56. The van der Waals surface area contributed by atoms with Gasteiger partial charge >= 0.3 is 0 Å². The number of carbonyl (C=O) groups excluding carboxylic acids is 2. The van der Waals surface area contributed by atoms with Crippen molar-refractivity contribution < 1.29 is 14.3 Å². The first kappa shape index (κ1) is 17.9. The van der Waals surface area contributed by atoms with E-state index in [1.807, 2.05) is 31.2 Å². The zero-order valence-corrected chi connectivity index (χ0v) is 16.9. The minimum atomic E-state index is -0.232. The number of ether oxygens (including phenoxy) is 1. The Labute approximate surface area is 162 Å². The summed E-state index contributed by atoms with van der Waals surface area (Å²) in [5, 5.41) is 0. The lowest BCUT2D eigenvalue weighted by atomic mass is 10.2. The maximum atomic E-state index is 12.7. The van der Waals surface area contributed by atoms with Gasteiger partial charge in [0.2, 0.25) is 5.91 Å². The van der Waals surface area contributed by atoms with Crippen LogP contribution in [0.3, 0.4) is 0 Å². The predicted octanol–water partition coefficient (Wildman–Crippen LogP) is 3.91. The molecular weight excluding hydrogens is 452 g/mol. The minimum absolute atomic E-state index is 0.0389. The molecule has 0 aliphatic carbocycles. The highest BCUT2D eigenvalue weighted by molar-refractivity contribution is 9.10. The van der Waals surface area contributed by atoms with E-state index in [2.05, 4.69) is 31.9 Å². The van der Waals surface area contributed by atoms with Crippen molar-refractivity contribution in [2.45, 2.75) is 6.92 Å². The van der Waals surface area contributed by atoms with Gasteiger partial charge < -0.3 is 9.64 Å². The van der Waals surface area contributed by atoms with Gasteiger partial charge in [-0.3, -0.25) is 14.5 Å². The van der Waals surface area contributed by atoms with Crippen LogP contribution in [0.1, 0.15) is 5.56 Å². The van der Waals surface area contributed by atoms with Crippen molar-refractivity contribution in [1.29, 1.82) is 0 Å². The van der Waals surface area contributed by atoms with Crippen molar-refractivity contribution in [3.8, 4) is 5.75 Å². The van der Waals surface area contributed by atoms with Gasteiger partial charge in [0.1, 0.15) is 12.3 Å². The molecule has 5 nitrogen and oxygen atoms in total. The van der Waals surface area contributed by atoms with E-state index >= 15 is 0 Å². The highest BCUT2D eigenvalue weighted by Gasteiger charge is 2.28. The largest absolute Gasteiger partial charge is 0.482 e. The second-order valence-electron chi connectivity index (χ2n) is 5.76. The third-order valence-electron chi connectivity index (χ3n) is 4.05. The number of anilines is 2. The Kier molecular flexibility index (Phi) is 5.15. The van der Waals surface area contributed by atoms with Crippen LogP contribution in [-0.4, -0.2) is 32.0 Å². The van der Waals surface area contributed by atoms with Crippen LogP contribution in [0.2, 0.25) is 0 Å². The number of amides is 2. The molecule has 130 valence electrons. The van der Waals surface area contributed by atoms with Gasteiger partial charge in [-0.2, -0.15) is 0 Å². The molecular formula is C18H16Br2N2O3. The van der Waals surface area contributed by atoms with Gasteiger partial charge in [0.15, 0.2) is 6.61 Å². The van der Waals surface area contributed by atoms with Gasteiger partial charge in [0, 0.05) is 21.7 Å². The number of hydrogen-bond acceptors (Lipinski definition) is 3. The Hall–Kier alpha value is -1.86. The number of nitrogens with zero attached hydrogens (tertiary/aromatic N) is 2. The summed E-state index contributed by atoms with van der Waals surface area (Å²) >= 11 is 6.80. The van der Waals surface area contributed by atoms with E-state index < -0.39 is 0 Å². The van der Waals surface area contributed by atoms with E-state index in [4.69, 9.17) is 4.74 Å². The Morgan fingerprint density at radius 3 is 2.60 bits per heavy atom. The van der Waals surface area contributed by atoms with E-state index in [1.165, 1.54) is 4.90 Å². The molecule has 0 spiro atoms. The molecule has 2 amide bonds. The van der Waals surface area contributed by atoms with Gasteiger partial charge in [-0.15, -0.1) is 0 Å². The number of halogens is 2. The minimum Gasteiger partial charge on any atom is -0.482 e. The predicted molar refractivity (Wildman–Crippen MR) is 104 cm³/mol. The number of benzene rings is 2. The van der Waals surface area contributed by atoms with Crippen molar-refractivity contribution in [2.24, 2.45) is 0 Å². The van der Waals surface area contributed by atoms with Crippen LogP contribution < -0.4 is 14.5 Å². The molecule has 1 heterocycles. The van der Waals surface area contributed by atoms with Crippen molar-refractivity contribution in [3.63, 3.8) is 0 Å². The molecule has 0 bridgehead atoms. The molecule has 0 radical (unpaired) electrons. The maximum absolute atomic E-state index is 12.7. The van der Waals surface area contributed by atoms with Crippen molar-refractivity contribution in [3.05, 3.63) is 50.9 Å². The maximum Gasteiger partial charge on any atom is 0.265 e. The van der Waals surface area contributed by atoms with Crippen LogP contribution in [-0.2, 0) is 9.59 Å². The number of rotatable bonds is 3. The molecule has 25 heavy (non-hydrogen) atoms. The molecule has 1 aliphatic heterocycles. The lowest BCUT2D eigenvalue weighted by molar-refractivity contribution is -0.124. The third-order valence-corrected chi connectivity index (χ3v) is 5.04. The fraction of sp³-hybridized carbons (Fsp3) is 0.222. The zero-order valence-electron chi connectivity index (χ0n) is 13.8. The second-order valence-corrected chi connectivity index (χ2v) is 7.60. The number of hydrogen-bond donors (Lipinski definition) is 0. The summed E-state index contributed by atoms with van der Waals surface area (Å²) in [5.74, 6) is 0.183. The Bertz CT molecular complexity index is 854. The quantitative estimate of drug-likeness (QED) is 0.687. The molecule has 0 fully saturated rings. The lowest BCUT2D eigenvalue weighted by Crippen LogP contribution is -2.45. The number of aryl methyl sites for hydroxylation is 1. The molecule has 0 N–H and O–H groups in total. The van der Waals surface area contributed by atoms with Crippen LogP contribution in [0.25, 0.3) is 0 Å². The molecule has 2 aromatic rings. The topological polar surface area (TPSA) is 49.9 Å². The molecule has 2 aromatic carbocycles. The molecule has 0 unspecified atom stereocenters. The Morgan fingerprint density at radius 2 is 1.88 bits per heavy atom. The molecule has 0 saturated heterocycles. The van der Waals surface area contributed by atoms with Crippen LogP contribution in [0.4, 0.5) is 11.4 Å². The van der Waals surface area contributed by atoms with Gasteiger partial charge in [-0.25, -0.2) is 0 Å². The molecule has 0 atom stereocenters. The molecule has 0 aromatic heterocycles. The van der Waals surface area contributed by atoms with E-state index in [9.17, 15) is 9.59 Å². The zero-order chi connectivity index (χ0) is 18.1. The first-order chi connectivity index (χ1) is 11.9. The van der Waals surface area contributed by atoms with Crippen LogP contribution in [0.5, 0.6) is 5.75 Å². The molecule has 3 rings (SSSR count). The molecule has 1 aliphatic rings. The summed E-state index contributed by atoms with van der Waals surface area (Å²) in [6, 6.07) is 11.1. The molecule has 7 heteroatoms. The van der Waals surface area contributed by atoms with Crippen molar-refractivity contribution in [1.82, 2.24) is 0 Å². The lowest BCUT2D eigenvalue weighted by Gasteiger charge is -2.30. The highest BCUT2D eigenvalue weighted by atomic mass is 79.9. The fourth-order valence-corrected chi connectivity index (χ4v) is 3.54. The summed E-state index contributed by atoms with van der Waals surface area (Å²) in [5.41, 5.74) is 2.39. The average molecular weight is 468 g/mol. The van der Waals surface area contributed by atoms with Gasteiger partial charge in [0.05, 0.1) is 5.69 Å². The van der Waals surface area contributed by atoms with Gasteiger partial charge in [0.25, 0.3) is 5.91 Å². The van der Waals surface area contributed by atoms with E-state index in [-0.39, 0.29) is 25.0 Å². The smallest absolute Gasteiger partial charge is 0.265 e. The van der Waals surface area contributed by atoms with E-state index in [0.717, 1.165) is 20.2 Å². The number of carbonyl (C=O) groups is 2. The summed E-state index contributed by atoms with van der Waals surface area (Å²) in [4.78, 5) is 28.0. The summed E-state index contributed by atoms with van der Waals surface area (Å²) in [6.45, 7) is 1.83. The van der Waals surface area contributed by atoms with Crippen LogP contribution in [0, 0.1) is 6.92 Å². The fourth-order valence-electron chi connectivity index (χ4n) is 2.72. The first-order valence-corrected chi connectivity index (χ1v) is 9.21. The van der Waals surface area contributed by atoms with Crippen LogP contribution >= 0.6 is 31.9 Å². The first-order valence-electron chi connectivity index (χ1n) is 7.62.